The smallest absolute Gasteiger partial charge is 0.158 e. The van der Waals surface area contributed by atoms with Crippen LogP contribution in [-0.4, -0.2) is 63.4 Å². The van der Waals surface area contributed by atoms with Gasteiger partial charge >= 0.3 is 0 Å². The highest BCUT2D eigenvalue weighted by atomic mass is 32.1. The highest BCUT2D eigenvalue weighted by molar-refractivity contribution is 7.08. The van der Waals surface area contributed by atoms with Gasteiger partial charge in [0.25, 0.3) is 0 Å². The summed E-state index contributed by atoms with van der Waals surface area (Å²) in [5.74, 6) is 2.04. The molecule has 9 heteroatoms. The molecule has 0 amide bonds. The Hall–Kier alpha value is -3.04. The summed E-state index contributed by atoms with van der Waals surface area (Å²) in [6.07, 6.45) is 7.61. The molecule has 1 saturated heterocycles. The topological polar surface area (TPSA) is 81.0 Å². The third kappa shape index (κ3) is 4.56. The van der Waals surface area contributed by atoms with E-state index in [0.29, 0.717) is 12.0 Å². The molecule has 1 aliphatic rings. The normalized spacial score (nSPS) is 16.2. The van der Waals surface area contributed by atoms with Gasteiger partial charge in [0.15, 0.2) is 5.65 Å². The molecule has 33 heavy (non-hydrogen) atoms. The number of methoxy groups -OCH3 is 1. The molecule has 5 heterocycles. The minimum atomic E-state index is 0.299. The van der Waals surface area contributed by atoms with E-state index in [1.54, 1.807) is 24.8 Å². The predicted molar refractivity (Wildman–Crippen MR) is 132 cm³/mol. The molecule has 0 spiro atoms. The number of aromatic nitrogens is 5. The maximum atomic E-state index is 5.46. The summed E-state index contributed by atoms with van der Waals surface area (Å²) in [4.78, 5) is 16.0. The van der Waals surface area contributed by atoms with Crippen LogP contribution in [0.3, 0.4) is 0 Å². The monoisotopic (exact) mass is 463 g/mol. The molecule has 1 fully saturated rings. The minimum Gasteiger partial charge on any atom is -0.496 e. The van der Waals surface area contributed by atoms with E-state index in [9.17, 15) is 0 Å². The van der Waals surface area contributed by atoms with Crippen LogP contribution in [0.2, 0.25) is 0 Å². The summed E-state index contributed by atoms with van der Waals surface area (Å²) in [5, 5.41) is 13.3. The Balaban J connectivity index is 1.31. The zero-order valence-corrected chi connectivity index (χ0v) is 20.0. The average Bonchev–Trinajstić information content (AvgIpc) is 3.50. The van der Waals surface area contributed by atoms with E-state index in [0.717, 1.165) is 66.3 Å². The summed E-state index contributed by atoms with van der Waals surface area (Å²) < 4.78 is 7.55. The summed E-state index contributed by atoms with van der Waals surface area (Å²) >= 11 is 1.66. The van der Waals surface area contributed by atoms with E-state index in [1.165, 1.54) is 5.56 Å². The lowest BCUT2D eigenvalue weighted by Crippen LogP contribution is -2.31. The van der Waals surface area contributed by atoms with Crippen LogP contribution in [0.15, 0.2) is 41.6 Å². The van der Waals surface area contributed by atoms with E-state index in [2.05, 4.69) is 55.4 Å². The molecule has 1 N–H and O–H groups in total. The molecule has 0 saturated carbocycles. The van der Waals surface area contributed by atoms with Crippen molar-refractivity contribution in [1.82, 2.24) is 29.6 Å². The second-order valence-electron chi connectivity index (χ2n) is 8.73. The van der Waals surface area contributed by atoms with Crippen LogP contribution < -0.4 is 10.1 Å². The van der Waals surface area contributed by atoms with Crippen LogP contribution in [0.4, 0.5) is 5.82 Å². The summed E-state index contributed by atoms with van der Waals surface area (Å²) in [6.45, 7) is 5.13. The number of rotatable bonds is 7. The Labute approximate surface area is 197 Å². The number of hydrogen-bond donors (Lipinski definition) is 1. The Morgan fingerprint density at radius 2 is 2.00 bits per heavy atom. The van der Waals surface area contributed by atoms with Crippen molar-refractivity contribution < 1.29 is 4.74 Å². The van der Waals surface area contributed by atoms with Gasteiger partial charge in [-0.15, -0.1) is 11.3 Å². The van der Waals surface area contributed by atoms with Crippen LogP contribution in [0, 0.1) is 0 Å². The van der Waals surface area contributed by atoms with Crippen molar-refractivity contribution in [3.8, 4) is 17.0 Å². The van der Waals surface area contributed by atoms with E-state index in [1.807, 2.05) is 23.8 Å². The predicted octanol–water partition coefficient (Wildman–Crippen LogP) is 4.44. The average molecular weight is 464 g/mol. The molecule has 8 nitrogen and oxygen atoms in total. The summed E-state index contributed by atoms with van der Waals surface area (Å²) in [7, 11) is 3.89. The largest absolute Gasteiger partial charge is 0.496 e. The molecule has 4 aromatic heterocycles. The molecule has 0 aromatic carbocycles. The Morgan fingerprint density at radius 3 is 2.82 bits per heavy atom. The first-order valence-corrected chi connectivity index (χ1v) is 12.2. The zero-order chi connectivity index (χ0) is 22.8. The van der Waals surface area contributed by atoms with Gasteiger partial charge in [0.2, 0.25) is 0 Å². The number of piperidine rings is 1. The second kappa shape index (κ2) is 9.44. The quantitative estimate of drug-likeness (QED) is 0.434. The number of hydrogen-bond acceptors (Lipinski definition) is 8. The first-order chi connectivity index (χ1) is 16.1. The lowest BCUT2D eigenvalue weighted by molar-refractivity contribution is 0.215. The molecule has 4 aromatic rings. The van der Waals surface area contributed by atoms with Gasteiger partial charge in [-0.05, 0) is 44.4 Å². The zero-order valence-electron chi connectivity index (χ0n) is 19.2. The third-order valence-electron chi connectivity index (χ3n) is 6.42. The number of anilines is 1. The van der Waals surface area contributed by atoms with Crippen LogP contribution in [0.5, 0.6) is 5.75 Å². The Kier molecular flexibility index (Phi) is 6.24. The molecule has 1 atom stereocenters. The lowest BCUT2D eigenvalue weighted by Gasteiger charge is -2.29. The third-order valence-corrected chi connectivity index (χ3v) is 7.17. The highest BCUT2D eigenvalue weighted by Crippen LogP contribution is 2.31. The van der Waals surface area contributed by atoms with Crippen molar-refractivity contribution in [2.24, 2.45) is 0 Å². The fraction of sp³-hybridized carbons (Fsp3) is 0.417. The maximum absolute atomic E-state index is 5.46. The van der Waals surface area contributed by atoms with Crippen LogP contribution >= 0.6 is 11.3 Å². The van der Waals surface area contributed by atoms with Crippen LogP contribution in [-0.2, 0) is 0 Å². The van der Waals surface area contributed by atoms with E-state index in [-0.39, 0.29) is 0 Å². The van der Waals surface area contributed by atoms with Gasteiger partial charge in [-0.25, -0.2) is 19.6 Å². The number of pyridine rings is 1. The van der Waals surface area contributed by atoms with E-state index >= 15 is 0 Å². The van der Waals surface area contributed by atoms with Gasteiger partial charge < -0.3 is 15.0 Å². The van der Waals surface area contributed by atoms with Crippen molar-refractivity contribution in [1.29, 1.82) is 0 Å². The second-order valence-corrected chi connectivity index (χ2v) is 9.47. The van der Waals surface area contributed by atoms with Crippen molar-refractivity contribution in [3.05, 3.63) is 47.2 Å². The molecular weight excluding hydrogens is 434 g/mol. The van der Waals surface area contributed by atoms with Crippen molar-refractivity contribution in [2.45, 2.75) is 31.7 Å². The summed E-state index contributed by atoms with van der Waals surface area (Å²) in [6, 6.07) is 4.50. The Morgan fingerprint density at radius 1 is 1.15 bits per heavy atom. The minimum absolute atomic E-state index is 0.299. The molecule has 0 radical (unpaired) electrons. The summed E-state index contributed by atoms with van der Waals surface area (Å²) in [5.41, 5.74) is 3.96. The molecule has 172 valence electrons. The van der Waals surface area contributed by atoms with Gasteiger partial charge in [0.1, 0.15) is 17.9 Å². The first kappa shape index (κ1) is 21.8. The molecule has 0 aliphatic carbocycles. The SMILES string of the molecule is COc1cscc1C(C)CNc1cc(-c2cnc3c(cnn3C3CCN(C)CC3)c2)ncn1. The number of likely N-dealkylation sites (tertiary alicyclic amines) is 1. The standard InChI is InChI=1S/C24H29N7OS/c1-16(20-13-33-14-22(20)32-3)10-25-23-9-21(27-15-28-23)17-8-18-12-29-31(24(18)26-11-17)19-4-6-30(2)7-5-19/h8-9,11-16,19H,4-7,10H2,1-3H3,(H,25,27,28). The van der Waals surface area contributed by atoms with Crippen molar-refractivity contribution in [2.75, 3.05) is 39.1 Å². The van der Waals surface area contributed by atoms with Gasteiger partial charge in [0, 0.05) is 46.6 Å². The first-order valence-electron chi connectivity index (χ1n) is 11.3. The number of ether oxygens (including phenoxy) is 1. The molecule has 0 bridgehead atoms. The molecule has 5 rings (SSSR count). The fourth-order valence-electron chi connectivity index (χ4n) is 4.39. The van der Waals surface area contributed by atoms with Gasteiger partial charge in [0.05, 0.1) is 25.0 Å². The van der Waals surface area contributed by atoms with Gasteiger partial charge in [-0.3, -0.25) is 0 Å². The number of thiophene rings is 1. The number of nitrogens with zero attached hydrogens (tertiary/aromatic N) is 6. The van der Waals surface area contributed by atoms with Gasteiger partial charge in [-0.2, -0.15) is 5.10 Å². The fourth-order valence-corrected chi connectivity index (χ4v) is 5.31. The van der Waals surface area contributed by atoms with Crippen molar-refractivity contribution >= 4 is 28.2 Å². The number of nitrogens with one attached hydrogen (secondary N) is 1. The molecular formula is C24H29N7OS. The van der Waals surface area contributed by atoms with Crippen molar-refractivity contribution in [3.63, 3.8) is 0 Å². The van der Waals surface area contributed by atoms with E-state index < -0.39 is 0 Å². The van der Waals surface area contributed by atoms with Crippen LogP contribution in [0.25, 0.3) is 22.3 Å². The number of fused-ring (bicyclic) bond motifs is 1. The maximum Gasteiger partial charge on any atom is 0.158 e. The van der Waals surface area contributed by atoms with Gasteiger partial charge in [-0.1, -0.05) is 6.92 Å². The lowest BCUT2D eigenvalue weighted by atomic mass is 10.0. The molecule has 1 aliphatic heterocycles. The molecule has 1 unspecified atom stereocenters. The van der Waals surface area contributed by atoms with E-state index in [4.69, 9.17) is 9.72 Å². The van der Waals surface area contributed by atoms with Crippen LogP contribution in [0.1, 0.15) is 37.3 Å². The highest BCUT2D eigenvalue weighted by Gasteiger charge is 2.21. The Bertz CT molecular complexity index is 1230.